The van der Waals surface area contributed by atoms with Gasteiger partial charge in [0.15, 0.2) is 0 Å². The first-order valence-corrected chi connectivity index (χ1v) is 8.26. The molecule has 0 bridgehead atoms. The van der Waals surface area contributed by atoms with E-state index in [9.17, 15) is 13.2 Å². The van der Waals surface area contributed by atoms with Crippen molar-refractivity contribution in [3.8, 4) is 0 Å². The monoisotopic (exact) mass is 316 g/mol. The quantitative estimate of drug-likeness (QED) is 0.888. The van der Waals surface area contributed by atoms with Gasteiger partial charge in [0.25, 0.3) is 5.91 Å². The van der Waals surface area contributed by atoms with Crippen molar-refractivity contribution in [2.24, 2.45) is 11.1 Å². The number of benzene rings is 1. The maximum atomic E-state index is 12.2. The second-order valence-electron chi connectivity index (χ2n) is 5.22. The number of carbonyl (C=O) groups is 1. The highest BCUT2D eigenvalue weighted by Gasteiger charge is 2.29. The molecule has 0 aliphatic heterocycles. The zero-order valence-electron chi connectivity index (χ0n) is 11.3. The van der Waals surface area contributed by atoms with Gasteiger partial charge in [-0.05, 0) is 50.3 Å². The van der Waals surface area contributed by atoms with Gasteiger partial charge in [-0.1, -0.05) is 11.6 Å². The lowest BCUT2D eigenvalue weighted by Gasteiger charge is -2.15. The molecular formula is C13H17ClN2O3S. The van der Waals surface area contributed by atoms with E-state index in [0.717, 1.165) is 12.8 Å². The second-order valence-corrected chi connectivity index (χ2v) is 7.19. The summed E-state index contributed by atoms with van der Waals surface area (Å²) < 4.78 is 22.8. The average molecular weight is 317 g/mol. The molecule has 20 heavy (non-hydrogen) atoms. The number of hydrogen-bond donors (Lipinski definition) is 2. The maximum absolute atomic E-state index is 12.2. The van der Waals surface area contributed by atoms with Crippen LogP contribution >= 0.6 is 11.6 Å². The molecule has 0 spiro atoms. The smallest absolute Gasteiger partial charge is 0.251 e. The number of rotatable bonds is 4. The Morgan fingerprint density at radius 2 is 2.05 bits per heavy atom. The molecule has 110 valence electrons. The molecule has 1 fully saturated rings. The SMILES string of the molecule is Cc1c(Cl)cc(S(N)(=O)=O)cc1C(=O)NC(C)C1CC1. The van der Waals surface area contributed by atoms with Crippen molar-refractivity contribution in [1.29, 1.82) is 0 Å². The molecule has 3 N–H and O–H groups in total. The summed E-state index contributed by atoms with van der Waals surface area (Å²) in [4.78, 5) is 12.1. The lowest BCUT2D eigenvalue weighted by atomic mass is 10.1. The Hall–Kier alpha value is -1.11. The van der Waals surface area contributed by atoms with Crippen molar-refractivity contribution in [2.75, 3.05) is 0 Å². The molecule has 1 aliphatic carbocycles. The molecule has 1 aromatic rings. The predicted octanol–water partition coefficient (Wildman–Crippen LogP) is 1.82. The Balaban J connectivity index is 2.34. The van der Waals surface area contributed by atoms with Gasteiger partial charge in [-0.25, -0.2) is 13.6 Å². The Labute approximate surface area is 123 Å². The Morgan fingerprint density at radius 3 is 2.55 bits per heavy atom. The van der Waals surface area contributed by atoms with Crippen LogP contribution in [0.2, 0.25) is 5.02 Å². The predicted molar refractivity (Wildman–Crippen MR) is 77.2 cm³/mol. The van der Waals surface area contributed by atoms with E-state index in [-0.39, 0.29) is 27.4 Å². The maximum Gasteiger partial charge on any atom is 0.251 e. The van der Waals surface area contributed by atoms with E-state index in [2.05, 4.69) is 5.32 Å². The summed E-state index contributed by atoms with van der Waals surface area (Å²) in [6.45, 7) is 3.61. The fraction of sp³-hybridized carbons (Fsp3) is 0.462. The third kappa shape index (κ3) is 3.31. The largest absolute Gasteiger partial charge is 0.349 e. The van der Waals surface area contributed by atoms with Crippen LogP contribution in [0.3, 0.4) is 0 Å². The van der Waals surface area contributed by atoms with Gasteiger partial charge in [0.2, 0.25) is 10.0 Å². The Bertz CT molecular complexity index is 654. The van der Waals surface area contributed by atoms with E-state index < -0.39 is 10.0 Å². The minimum Gasteiger partial charge on any atom is -0.349 e. The first-order valence-electron chi connectivity index (χ1n) is 6.34. The van der Waals surface area contributed by atoms with Gasteiger partial charge in [0.05, 0.1) is 4.90 Å². The molecule has 1 saturated carbocycles. The summed E-state index contributed by atoms with van der Waals surface area (Å²) in [5.74, 6) is 0.186. The van der Waals surface area contributed by atoms with E-state index in [1.165, 1.54) is 12.1 Å². The van der Waals surface area contributed by atoms with Gasteiger partial charge >= 0.3 is 0 Å². The second kappa shape index (κ2) is 5.35. The highest BCUT2D eigenvalue weighted by molar-refractivity contribution is 7.89. The van der Waals surface area contributed by atoms with E-state index in [4.69, 9.17) is 16.7 Å². The molecule has 0 radical (unpaired) electrons. The molecule has 1 aliphatic rings. The number of hydrogen-bond acceptors (Lipinski definition) is 3. The molecule has 0 saturated heterocycles. The topological polar surface area (TPSA) is 89.3 Å². The highest BCUT2D eigenvalue weighted by atomic mass is 35.5. The van der Waals surface area contributed by atoms with Gasteiger partial charge < -0.3 is 5.32 Å². The molecule has 2 rings (SSSR count). The van der Waals surface area contributed by atoms with Crippen LogP contribution in [-0.4, -0.2) is 20.4 Å². The molecule has 1 amide bonds. The van der Waals surface area contributed by atoms with Crippen molar-refractivity contribution < 1.29 is 13.2 Å². The van der Waals surface area contributed by atoms with Crippen molar-refractivity contribution in [2.45, 2.75) is 37.6 Å². The molecule has 1 atom stereocenters. The molecule has 1 aromatic carbocycles. The van der Waals surface area contributed by atoms with Gasteiger partial charge in [0.1, 0.15) is 0 Å². The van der Waals surface area contributed by atoms with Crippen LogP contribution in [0.15, 0.2) is 17.0 Å². The normalized spacial score (nSPS) is 16.8. The zero-order valence-corrected chi connectivity index (χ0v) is 12.9. The summed E-state index contributed by atoms with van der Waals surface area (Å²) in [7, 11) is -3.90. The number of nitrogens with two attached hydrogens (primary N) is 1. The van der Waals surface area contributed by atoms with Crippen LogP contribution in [0.4, 0.5) is 0 Å². The summed E-state index contributed by atoms with van der Waals surface area (Å²) in [6, 6.07) is 2.59. The van der Waals surface area contributed by atoms with Crippen molar-refractivity contribution >= 4 is 27.5 Å². The van der Waals surface area contributed by atoms with Crippen molar-refractivity contribution in [3.05, 3.63) is 28.3 Å². The first-order chi connectivity index (χ1) is 9.20. The van der Waals surface area contributed by atoms with Gasteiger partial charge in [-0.3, -0.25) is 4.79 Å². The van der Waals surface area contributed by atoms with Crippen molar-refractivity contribution in [1.82, 2.24) is 5.32 Å². The van der Waals surface area contributed by atoms with Crippen molar-refractivity contribution in [3.63, 3.8) is 0 Å². The Kier molecular flexibility index (Phi) is 4.09. The summed E-state index contributed by atoms with van der Waals surface area (Å²) >= 11 is 5.98. The third-order valence-electron chi connectivity index (χ3n) is 3.58. The van der Waals surface area contributed by atoms with E-state index >= 15 is 0 Å². The lowest BCUT2D eigenvalue weighted by Crippen LogP contribution is -2.34. The standard InChI is InChI=1S/C13H17ClN2O3S/c1-7-11(13(17)16-8(2)9-3-4-9)5-10(6-12(7)14)20(15,18)19/h5-6,8-9H,3-4H2,1-2H3,(H,16,17)(H2,15,18,19). The summed E-state index contributed by atoms with van der Waals surface area (Å²) in [5, 5.41) is 8.17. The zero-order chi connectivity index (χ0) is 15.1. The number of carbonyl (C=O) groups excluding carboxylic acids is 1. The minimum atomic E-state index is -3.90. The van der Waals surface area contributed by atoms with Crippen LogP contribution < -0.4 is 10.5 Å². The minimum absolute atomic E-state index is 0.0683. The number of sulfonamides is 1. The van der Waals surface area contributed by atoms with E-state index in [1.807, 2.05) is 6.92 Å². The van der Waals surface area contributed by atoms with E-state index in [0.29, 0.717) is 11.5 Å². The van der Waals surface area contributed by atoms with E-state index in [1.54, 1.807) is 6.92 Å². The average Bonchev–Trinajstić information content (AvgIpc) is 3.14. The lowest BCUT2D eigenvalue weighted by molar-refractivity contribution is 0.0935. The van der Waals surface area contributed by atoms with Gasteiger partial charge in [0, 0.05) is 16.6 Å². The molecule has 0 aromatic heterocycles. The number of nitrogens with one attached hydrogen (secondary N) is 1. The molecule has 7 heteroatoms. The molecule has 1 unspecified atom stereocenters. The van der Waals surface area contributed by atoms with Gasteiger partial charge in [-0.15, -0.1) is 0 Å². The van der Waals surface area contributed by atoms with Crippen LogP contribution in [0.1, 0.15) is 35.7 Å². The number of amides is 1. The van der Waals surface area contributed by atoms with Crippen LogP contribution in [-0.2, 0) is 10.0 Å². The van der Waals surface area contributed by atoms with Crippen LogP contribution in [0.25, 0.3) is 0 Å². The summed E-state index contributed by atoms with van der Waals surface area (Å²) in [6.07, 6.45) is 2.22. The summed E-state index contributed by atoms with van der Waals surface area (Å²) in [5.41, 5.74) is 0.786. The number of primary sulfonamides is 1. The van der Waals surface area contributed by atoms with Crippen LogP contribution in [0.5, 0.6) is 0 Å². The van der Waals surface area contributed by atoms with Gasteiger partial charge in [-0.2, -0.15) is 0 Å². The third-order valence-corrected chi connectivity index (χ3v) is 4.86. The first kappa shape index (κ1) is 15.3. The molecular weight excluding hydrogens is 300 g/mol. The highest BCUT2D eigenvalue weighted by Crippen LogP contribution is 2.32. The number of halogens is 1. The molecule has 5 nitrogen and oxygen atoms in total. The molecule has 0 heterocycles. The van der Waals surface area contributed by atoms with Crippen LogP contribution in [0, 0.1) is 12.8 Å². The fourth-order valence-electron chi connectivity index (χ4n) is 2.05. The fourth-order valence-corrected chi connectivity index (χ4v) is 2.90. The Morgan fingerprint density at radius 1 is 1.45 bits per heavy atom.